The van der Waals surface area contributed by atoms with Gasteiger partial charge in [-0.3, -0.25) is 0 Å². The first-order valence-corrected chi connectivity index (χ1v) is 4.21. The Morgan fingerprint density at radius 3 is 1.83 bits per heavy atom. The molecule has 0 atom stereocenters. The van der Waals surface area contributed by atoms with Crippen LogP contribution in [0.5, 0.6) is 0 Å². The molecule has 0 aliphatic heterocycles. The summed E-state index contributed by atoms with van der Waals surface area (Å²) in [4.78, 5) is 0. The van der Waals surface area contributed by atoms with Gasteiger partial charge in [0.05, 0.1) is 7.11 Å². The lowest BCUT2D eigenvalue weighted by Crippen LogP contribution is -1.86. The molecule has 0 heterocycles. The molecule has 0 aromatic rings. The van der Waals surface area contributed by atoms with E-state index in [1.165, 1.54) is 0 Å². The highest BCUT2D eigenvalue weighted by molar-refractivity contribution is 6.30. The van der Waals surface area contributed by atoms with Crippen LogP contribution >= 0.6 is 11.6 Å². The monoisotopic (exact) mass is 188 g/mol. The number of hydrogen-bond donors (Lipinski definition) is 0. The van der Waals surface area contributed by atoms with Crippen LogP contribution in [0.1, 0.15) is 20.8 Å². The first kappa shape index (κ1) is 13.9. The molecule has 0 saturated heterocycles. The molecule has 0 spiro atoms. The fourth-order valence-corrected chi connectivity index (χ4v) is 0.598. The molecule has 0 radical (unpaired) electrons. The van der Waals surface area contributed by atoms with Gasteiger partial charge in [-0.2, -0.15) is 0 Å². The number of methoxy groups -OCH3 is 1. The van der Waals surface area contributed by atoms with Crippen molar-refractivity contribution in [1.82, 2.24) is 0 Å². The summed E-state index contributed by atoms with van der Waals surface area (Å²) in [5.74, 6) is 0.667. The summed E-state index contributed by atoms with van der Waals surface area (Å²) in [6.45, 7) is 13.0. The maximum atomic E-state index is 5.50. The van der Waals surface area contributed by atoms with Crippen molar-refractivity contribution in [3.8, 4) is 0 Å². The van der Waals surface area contributed by atoms with Crippen molar-refractivity contribution >= 4 is 11.6 Å². The molecule has 12 heavy (non-hydrogen) atoms. The van der Waals surface area contributed by atoms with Crippen molar-refractivity contribution in [2.45, 2.75) is 20.8 Å². The van der Waals surface area contributed by atoms with E-state index in [1.54, 1.807) is 13.2 Å². The number of rotatable bonds is 3. The van der Waals surface area contributed by atoms with Crippen molar-refractivity contribution in [2.75, 3.05) is 7.11 Å². The second-order valence-corrected chi connectivity index (χ2v) is 2.43. The minimum absolute atomic E-state index is 0.444. The van der Waals surface area contributed by atoms with Crippen LogP contribution in [0.25, 0.3) is 0 Å². The minimum atomic E-state index is 0.444. The van der Waals surface area contributed by atoms with E-state index < -0.39 is 0 Å². The lowest BCUT2D eigenvalue weighted by molar-refractivity contribution is 0.301. The molecule has 70 valence electrons. The van der Waals surface area contributed by atoms with E-state index in [-0.39, 0.29) is 0 Å². The van der Waals surface area contributed by atoms with E-state index in [4.69, 9.17) is 16.3 Å². The van der Waals surface area contributed by atoms with Gasteiger partial charge in [0.2, 0.25) is 0 Å². The fraction of sp³-hybridized carbons (Fsp3) is 0.400. The second-order valence-electron chi connectivity index (χ2n) is 1.94. The summed E-state index contributed by atoms with van der Waals surface area (Å²) in [6, 6.07) is 0. The van der Waals surface area contributed by atoms with Crippen LogP contribution in [-0.2, 0) is 4.74 Å². The van der Waals surface area contributed by atoms with E-state index >= 15 is 0 Å². The van der Waals surface area contributed by atoms with Crippen molar-refractivity contribution < 1.29 is 4.74 Å². The standard InChI is InChI=1S/C8H11ClO.C2H6/c1-6(2)8(10-4)5-7(3)9;1-2/h5H,1,3H2,2,4H3;1-2H3/b8-5+;. The van der Waals surface area contributed by atoms with Crippen LogP contribution in [-0.4, -0.2) is 7.11 Å². The van der Waals surface area contributed by atoms with Crippen molar-refractivity contribution in [3.05, 3.63) is 35.6 Å². The van der Waals surface area contributed by atoms with E-state index in [2.05, 4.69) is 13.2 Å². The Bertz CT molecular complexity index is 180. The number of allylic oxidation sites excluding steroid dienone is 3. The molecule has 0 rings (SSSR count). The van der Waals surface area contributed by atoms with Crippen LogP contribution in [0, 0.1) is 0 Å². The van der Waals surface area contributed by atoms with Gasteiger partial charge in [0.25, 0.3) is 0 Å². The number of halogens is 1. The maximum absolute atomic E-state index is 5.50. The van der Waals surface area contributed by atoms with E-state index in [9.17, 15) is 0 Å². The van der Waals surface area contributed by atoms with Gasteiger partial charge in [-0.1, -0.05) is 38.6 Å². The Morgan fingerprint density at radius 2 is 1.75 bits per heavy atom. The first-order valence-electron chi connectivity index (χ1n) is 3.84. The molecule has 0 aromatic carbocycles. The van der Waals surface area contributed by atoms with Crippen LogP contribution in [0.3, 0.4) is 0 Å². The van der Waals surface area contributed by atoms with Crippen LogP contribution < -0.4 is 0 Å². The molecule has 0 N–H and O–H groups in total. The van der Waals surface area contributed by atoms with Crippen molar-refractivity contribution in [2.24, 2.45) is 0 Å². The smallest absolute Gasteiger partial charge is 0.122 e. The van der Waals surface area contributed by atoms with Crippen LogP contribution in [0.2, 0.25) is 0 Å². The largest absolute Gasteiger partial charge is 0.496 e. The normalized spacial score (nSPS) is 9.58. The summed E-state index contributed by atoms with van der Waals surface area (Å²) < 4.78 is 4.94. The maximum Gasteiger partial charge on any atom is 0.122 e. The number of ether oxygens (including phenoxy) is 1. The number of hydrogen-bond acceptors (Lipinski definition) is 1. The Kier molecular flexibility index (Phi) is 9.72. The Hall–Kier alpha value is -0.690. The topological polar surface area (TPSA) is 9.23 Å². The molecule has 0 aromatic heterocycles. The predicted octanol–water partition coefficient (Wildman–Crippen LogP) is 3.87. The molecule has 0 bridgehead atoms. The Labute approximate surface area is 80.4 Å². The molecule has 2 heteroatoms. The van der Waals surface area contributed by atoms with Crippen LogP contribution in [0.4, 0.5) is 0 Å². The first-order chi connectivity index (χ1) is 5.57. The van der Waals surface area contributed by atoms with Gasteiger partial charge in [0.1, 0.15) is 5.76 Å². The SMILES string of the molecule is C=C(Cl)/C=C(/OC)C(=C)C.CC. The second kappa shape index (κ2) is 8.41. The molecule has 0 unspecified atom stereocenters. The highest BCUT2D eigenvalue weighted by atomic mass is 35.5. The molecular weight excluding hydrogens is 172 g/mol. The predicted molar refractivity (Wildman–Crippen MR) is 56.2 cm³/mol. The van der Waals surface area contributed by atoms with Gasteiger partial charge in [-0.05, 0) is 18.6 Å². The summed E-state index contributed by atoms with van der Waals surface area (Å²) in [7, 11) is 1.57. The zero-order valence-electron chi connectivity index (χ0n) is 8.28. The summed E-state index contributed by atoms with van der Waals surface area (Å²) in [5.41, 5.74) is 0.837. The van der Waals surface area contributed by atoms with E-state index in [0.29, 0.717) is 10.8 Å². The van der Waals surface area contributed by atoms with Crippen molar-refractivity contribution in [3.63, 3.8) is 0 Å². The molecule has 0 aliphatic rings. The van der Waals surface area contributed by atoms with Crippen molar-refractivity contribution in [1.29, 1.82) is 0 Å². The minimum Gasteiger partial charge on any atom is -0.496 e. The van der Waals surface area contributed by atoms with Gasteiger partial charge in [0.15, 0.2) is 0 Å². The quantitative estimate of drug-likeness (QED) is 0.483. The lowest BCUT2D eigenvalue weighted by atomic mass is 10.3. The molecule has 0 amide bonds. The molecule has 0 fully saturated rings. The Morgan fingerprint density at radius 1 is 1.33 bits per heavy atom. The highest BCUT2D eigenvalue weighted by Crippen LogP contribution is 2.11. The lowest BCUT2D eigenvalue weighted by Gasteiger charge is -2.03. The van der Waals surface area contributed by atoms with E-state index in [0.717, 1.165) is 5.57 Å². The van der Waals surface area contributed by atoms with Gasteiger partial charge in [-0.25, -0.2) is 0 Å². The third-order valence-electron chi connectivity index (χ3n) is 0.928. The molecule has 0 aliphatic carbocycles. The summed E-state index contributed by atoms with van der Waals surface area (Å²) in [5, 5.41) is 0.444. The van der Waals surface area contributed by atoms with Crippen LogP contribution in [0.15, 0.2) is 35.6 Å². The molecular formula is C10H17ClO. The average Bonchev–Trinajstić information content (AvgIpc) is 2.03. The van der Waals surface area contributed by atoms with Gasteiger partial charge in [0, 0.05) is 5.03 Å². The highest BCUT2D eigenvalue weighted by Gasteiger charge is 1.95. The van der Waals surface area contributed by atoms with E-state index in [1.807, 2.05) is 20.8 Å². The van der Waals surface area contributed by atoms with Gasteiger partial charge < -0.3 is 4.74 Å². The molecule has 1 nitrogen and oxygen atoms in total. The fourth-order valence-electron chi connectivity index (χ4n) is 0.499. The summed E-state index contributed by atoms with van der Waals surface area (Å²) >= 11 is 5.50. The average molecular weight is 189 g/mol. The van der Waals surface area contributed by atoms with Gasteiger partial charge >= 0.3 is 0 Å². The Balaban J connectivity index is 0. The third-order valence-corrected chi connectivity index (χ3v) is 1.04. The van der Waals surface area contributed by atoms with Gasteiger partial charge in [-0.15, -0.1) is 0 Å². The third kappa shape index (κ3) is 7.42. The zero-order chi connectivity index (χ0) is 10.1. The molecule has 0 saturated carbocycles. The summed E-state index contributed by atoms with van der Waals surface area (Å²) in [6.07, 6.45) is 1.63. The zero-order valence-corrected chi connectivity index (χ0v) is 9.03.